The molecule has 178 valence electrons. The lowest BCUT2D eigenvalue weighted by Crippen LogP contribution is -2.58. The van der Waals surface area contributed by atoms with Gasteiger partial charge in [0, 0.05) is 5.92 Å². The molecular formula is C32H42Si2. The van der Waals surface area contributed by atoms with Crippen molar-refractivity contribution < 1.29 is 0 Å². The summed E-state index contributed by atoms with van der Waals surface area (Å²) in [5.74, 6) is 1.17. The summed E-state index contributed by atoms with van der Waals surface area (Å²) in [6, 6.07) is 11.2. The molecule has 1 saturated carbocycles. The number of hydrogen-bond donors (Lipinski definition) is 0. The van der Waals surface area contributed by atoms with Crippen LogP contribution in [0.3, 0.4) is 0 Å². The summed E-state index contributed by atoms with van der Waals surface area (Å²) in [6.07, 6.45) is 20.8. The van der Waals surface area contributed by atoms with E-state index >= 15 is 0 Å². The molecule has 2 atom stereocenters. The maximum absolute atomic E-state index is 2.71. The molecule has 0 bridgehead atoms. The van der Waals surface area contributed by atoms with Gasteiger partial charge in [-0.1, -0.05) is 123 Å². The molecule has 0 aliphatic heterocycles. The van der Waals surface area contributed by atoms with E-state index in [0.29, 0.717) is 11.8 Å². The summed E-state index contributed by atoms with van der Waals surface area (Å²) >= 11 is 0. The Morgan fingerprint density at radius 3 is 2.44 bits per heavy atom. The van der Waals surface area contributed by atoms with Crippen LogP contribution in [0.5, 0.6) is 0 Å². The Kier molecular flexibility index (Phi) is 6.27. The molecule has 0 amide bonds. The van der Waals surface area contributed by atoms with Crippen molar-refractivity contribution in [2.24, 2.45) is 11.8 Å². The van der Waals surface area contributed by atoms with Crippen molar-refractivity contribution in [2.45, 2.75) is 78.6 Å². The molecule has 34 heavy (non-hydrogen) atoms. The van der Waals surface area contributed by atoms with Crippen molar-refractivity contribution in [3.8, 4) is 0 Å². The lowest BCUT2D eigenvalue weighted by Gasteiger charge is -2.44. The molecule has 2 unspecified atom stereocenters. The molecule has 1 fully saturated rings. The maximum atomic E-state index is 2.71. The Labute approximate surface area is 209 Å². The lowest BCUT2D eigenvalue weighted by atomic mass is 9.80. The quantitative estimate of drug-likeness (QED) is 0.340. The van der Waals surface area contributed by atoms with Crippen LogP contribution >= 0.6 is 0 Å². The lowest BCUT2D eigenvalue weighted by molar-refractivity contribution is 0.647. The van der Waals surface area contributed by atoms with Gasteiger partial charge in [0.1, 0.15) is 0 Å². The van der Waals surface area contributed by atoms with Gasteiger partial charge in [-0.25, -0.2) is 0 Å². The largest absolute Gasteiger partial charge is 0.0786 e. The molecule has 0 heterocycles. The predicted molar refractivity (Wildman–Crippen MR) is 155 cm³/mol. The number of fused-ring (bicyclic) bond motifs is 2. The summed E-state index contributed by atoms with van der Waals surface area (Å²) in [6.45, 7) is 15.5. The van der Waals surface area contributed by atoms with Crippen molar-refractivity contribution in [2.75, 3.05) is 0 Å². The van der Waals surface area contributed by atoms with Gasteiger partial charge < -0.3 is 0 Å². The first-order valence-electron chi connectivity index (χ1n) is 13.6. The molecule has 0 aromatic heterocycles. The van der Waals surface area contributed by atoms with Gasteiger partial charge in [0.05, 0.1) is 15.2 Å². The van der Waals surface area contributed by atoms with Gasteiger partial charge in [0.2, 0.25) is 0 Å². The molecule has 0 saturated heterocycles. The Morgan fingerprint density at radius 1 is 0.941 bits per heavy atom. The first-order chi connectivity index (χ1) is 16.3. The van der Waals surface area contributed by atoms with Crippen LogP contribution in [0.15, 0.2) is 93.4 Å². The molecule has 1 aromatic rings. The number of benzene rings is 1. The van der Waals surface area contributed by atoms with Gasteiger partial charge >= 0.3 is 0 Å². The predicted octanol–water partition coefficient (Wildman–Crippen LogP) is 9.31. The monoisotopic (exact) mass is 482 g/mol. The summed E-state index contributed by atoms with van der Waals surface area (Å²) in [4.78, 5) is 0. The molecule has 4 aliphatic rings. The normalized spacial score (nSPS) is 24.4. The van der Waals surface area contributed by atoms with Gasteiger partial charge in [0.15, 0.2) is 0 Å². The topological polar surface area (TPSA) is 0 Å². The molecule has 1 aromatic carbocycles. The minimum Gasteiger partial charge on any atom is -0.0786 e. The second-order valence-electron chi connectivity index (χ2n) is 12.0. The Hall–Kier alpha value is -1.91. The molecule has 0 radical (unpaired) electrons. The fourth-order valence-corrected chi connectivity index (χ4v) is 17.3. The molecule has 2 heteroatoms. The first kappa shape index (κ1) is 23.8. The van der Waals surface area contributed by atoms with E-state index in [-0.39, 0.29) is 0 Å². The Morgan fingerprint density at radius 2 is 1.71 bits per heavy atom. The highest BCUT2D eigenvalue weighted by Crippen LogP contribution is 2.54. The van der Waals surface area contributed by atoms with Crippen LogP contribution in [0.2, 0.25) is 26.2 Å². The van der Waals surface area contributed by atoms with Gasteiger partial charge in [0.25, 0.3) is 0 Å². The highest BCUT2D eigenvalue weighted by Gasteiger charge is 2.51. The van der Waals surface area contributed by atoms with E-state index < -0.39 is 15.2 Å². The van der Waals surface area contributed by atoms with Crippen molar-refractivity contribution in [3.05, 3.63) is 99.0 Å². The van der Waals surface area contributed by atoms with Crippen LogP contribution in [0, 0.1) is 11.8 Å². The SMILES string of the molecule is CCCCC1C=CC([Si](C)(C)[Si](C)(C)C2=C(C)C=C3C(c4ccccc4)=C4CCCC4=CC32)=C1. The molecular weight excluding hydrogens is 441 g/mol. The molecule has 4 aliphatic carbocycles. The number of hydrogen-bond acceptors (Lipinski definition) is 0. The standard InChI is InChI=1S/C32H42Si2/c1-7-8-13-24-18-19-27(21-24)33(3,4)34(5,6)32-23(2)20-29-30(32)22-26-16-12-17-28(26)31(29)25-14-10-9-11-15-25/h9-11,14-15,18-22,24,30H,7-8,12-13,16-17H2,1-6H3. The highest BCUT2D eigenvalue weighted by atomic mass is 29.3. The fraction of sp³-hybridized carbons (Fsp3) is 0.438. The second-order valence-corrected chi connectivity index (χ2v) is 27.1. The van der Waals surface area contributed by atoms with E-state index in [9.17, 15) is 0 Å². The highest BCUT2D eigenvalue weighted by molar-refractivity contribution is 7.46. The average molecular weight is 483 g/mol. The zero-order valence-electron chi connectivity index (χ0n) is 22.2. The number of allylic oxidation sites excluding steroid dienone is 12. The van der Waals surface area contributed by atoms with Gasteiger partial charge in [-0.05, 0) is 66.4 Å². The van der Waals surface area contributed by atoms with E-state index in [1.54, 1.807) is 33.1 Å². The summed E-state index contributed by atoms with van der Waals surface area (Å²) < 4.78 is 0. The molecule has 5 rings (SSSR count). The van der Waals surface area contributed by atoms with Gasteiger partial charge in [-0.3, -0.25) is 0 Å². The summed E-state index contributed by atoms with van der Waals surface area (Å²) in [7, 11) is -3.31. The maximum Gasteiger partial charge on any atom is 0.0784 e. The third kappa shape index (κ3) is 3.78. The van der Waals surface area contributed by atoms with Crippen molar-refractivity contribution in [1.82, 2.24) is 0 Å². The van der Waals surface area contributed by atoms with Crippen LogP contribution in [-0.4, -0.2) is 15.2 Å². The van der Waals surface area contributed by atoms with Gasteiger partial charge in [-0.2, -0.15) is 0 Å². The Balaban J connectivity index is 1.53. The van der Waals surface area contributed by atoms with Gasteiger partial charge in [-0.15, -0.1) is 0 Å². The second kappa shape index (κ2) is 8.95. The third-order valence-electron chi connectivity index (χ3n) is 9.49. The van der Waals surface area contributed by atoms with E-state index in [0.717, 1.165) is 0 Å². The molecule has 0 nitrogen and oxygen atoms in total. The van der Waals surface area contributed by atoms with E-state index in [1.165, 1.54) is 44.1 Å². The molecule has 0 N–H and O–H groups in total. The smallest absolute Gasteiger partial charge is 0.0784 e. The first-order valence-corrected chi connectivity index (χ1v) is 20.6. The minimum atomic E-state index is -1.69. The third-order valence-corrected chi connectivity index (χ3v) is 27.5. The van der Waals surface area contributed by atoms with Crippen LogP contribution in [-0.2, 0) is 0 Å². The van der Waals surface area contributed by atoms with Crippen LogP contribution in [0.25, 0.3) is 5.57 Å². The van der Waals surface area contributed by atoms with Crippen molar-refractivity contribution >= 4 is 20.8 Å². The van der Waals surface area contributed by atoms with Crippen molar-refractivity contribution in [1.29, 1.82) is 0 Å². The van der Waals surface area contributed by atoms with E-state index in [1.807, 2.05) is 5.20 Å². The summed E-state index contributed by atoms with van der Waals surface area (Å²) in [5, 5.41) is 3.56. The minimum absolute atomic E-state index is 0.502. The van der Waals surface area contributed by atoms with Crippen LogP contribution in [0.4, 0.5) is 0 Å². The number of rotatable bonds is 7. The van der Waals surface area contributed by atoms with Crippen molar-refractivity contribution in [3.63, 3.8) is 0 Å². The van der Waals surface area contributed by atoms with Crippen LogP contribution in [0.1, 0.15) is 57.9 Å². The van der Waals surface area contributed by atoms with Crippen LogP contribution < -0.4 is 0 Å². The Bertz CT molecular complexity index is 1160. The zero-order chi connectivity index (χ0) is 24.1. The average Bonchev–Trinajstić information content (AvgIpc) is 3.54. The van der Waals surface area contributed by atoms with E-state index in [2.05, 4.69) is 101 Å². The number of unbranched alkanes of at least 4 members (excludes halogenated alkanes) is 1. The fourth-order valence-electron chi connectivity index (χ4n) is 6.94. The zero-order valence-corrected chi connectivity index (χ0v) is 24.2. The molecule has 0 spiro atoms. The summed E-state index contributed by atoms with van der Waals surface area (Å²) in [5.41, 5.74) is 9.45. The van der Waals surface area contributed by atoms with E-state index in [4.69, 9.17) is 0 Å².